The molecular weight excluding hydrogens is 490 g/mol. The van der Waals surface area contributed by atoms with Crippen LogP contribution in [-0.4, -0.2) is 83.9 Å². The third kappa shape index (κ3) is 6.95. The average Bonchev–Trinajstić information content (AvgIpc) is 3.10. The second kappa shape index (κ2) is 12.3. The number of rotatable bonds is 7. The molecule has 2 aromatic rings. The number of hydrogen-bond donors (Lipinski definition) is 2. The van der Waals surface area contributed by atoms with Crippen molar-refractivity contribution >= 4 is 23.0 Å². The van der Waals surface area contributed by atoms with Crippen molar-refractivity contribution in [3.8, 4) is 0 Å². The van der Waals surface area contributed by atoms with Crippen molar-refractivity contribution in [3.63, 3.8) is 0 Å². The van der Waals surface area contributed by atoms with Crippen molar-refractivity contribution in [3.05, 3.63) is 34.2 Å². The van der Waals surface area contributed by atoms with Gasteiger partial charge in [-0.15, -0.1) is 0 Å². The molecule has 0 aliphatic carbocycles. The number of para-hydroxylation sites is 1. The number of imidazole rings is 1. The summed E-state index contributed by atoms with van der Waals surface area (Å²) in [6.07, 6.45) is 2.46. The van der Waals surface area contributed by atoms with Crippen LogP contribution in [0.5, 0.6) is 0 Å². The number of morpholine rings is 1. The van der Waals surface area contributed by atoms with Crippen LogP contribution < -0.4 is 16.3 Å². The normalized spacial score (nSPS) is 21.5. The minimum Gasteiger partial charge on any atom is -0.444 e. The van der Waals surface area contributed by atoms with E-state index in [2.05, 4.69) is 21.6 Å². The number of amides is 2. The van der Waals surface area contributed by atoms with Crippen LogP contribution in [0.15, 0.2) is 23.0 Å². The van der Waals surface area contributed by atoms with E-state index in [0.717, 1.165) is 49.1 Å². The van der Waals surface area contributed by atoms with E-state index >= 15 is 0 Å². The summed E-state index contributed by atoms with van der Waals surface area (Å²) >= 11 is 0. The summed E-state index contributed by atoms with van der Waals surface area (Å²) in [4.78, 5) is 40.4. The lowest BCUT2D eigenvalue weighted by molar-refractivity contribution is -0.127. The van der Waals surface area contributed by atoms with Gasteiger partial charge in [0, 0.05) is 33.3 Å². The fourth-order valence-corrected chi connectivity index (χ4v) is 5.20. The Morgan fingerprint density at radius 1 is 1.24 bits per heavy atom. The first kappa shape index (κ1) is 28.1. The minimum atomic E-state index is -0.551. The number of nitrogens with zero attached hydrogens (tertiary/aromatic N) is 3. The quantitative estimate of drug-likeness (QED) is 0.561. The van der Waals surface area contributed by atoms with Crippen molar-refractivity contribution in [2.75, 3.05) is 46.1 Å². The molecule has 38 heavy (non-hydrogen) atoms. The summed E-state index contributed by atoms with van der Waals surface area (Å²) in [5.41, 5.74) is 2.05. The van der Waals surface area contributed by atoms with E-state index in [1.54, 1.807) is 16.2 Å². The molecular formula is C27H41N5O6. The molecule has 2 amide bonds. The summed E-state index contributed by atoms with van der Waals surface area (Å²) in [5.74, 6) is -0.187. The number of aryl methyl sites for hydroxylation is 2. The number of carbonyl (C=O) groups excluding carboxylic acids is 2. The highest BCUT2D eigenvalue weighted by atomic mass is 16.6. The molecule has 0 bridgehead atoms. The molecule has 2 saturated heterocycles. The van der Waals surface area contributed by atoms with Crippen LogP contribution >= 0.6 is 0 Å². The highest BCUT2D eigenvalue weighted by Crippen LogP contribution is 2.25. The Balaban J connectivity index is 1.38. The molecule has 2 aliphatic rings. The molecule has 11 heteroatoms. The van der Waals surface area contributed by atoms with Crippen LogP contribution in [0.2, 0.25) is 0 Å². The Hall–Kier alpha value is -2.89. The minimum absolute atomic E-state index is 0.0881. The lowest BCUT2D eigenvalue weighted by Crippen LogP contribution is -2.48. The van der Waals surface area contributed by atoms with Gasteiger partial charge < -0.3 is 24.8 Å². The Morgan fingerprint density at radius 2 is 2.05 bits per heavy atom. The lowest BCUT2D eigenvalue weighted by atomic mass is 10.1. The van der Waals surface area contributed by atoms with Crippen LogP contribution in [0.4, 0.5) is 4.79 Å². The molecule has 4 rings (SSSR count). The van der Waals surface area contributed by atoms with Gasteiger partial charge in [0.05, 0.1) is 23.7 Å². The summed E-state index contributed by atoms with van der Waals surface area (Å²) < 4.78 is 19.8. The predicted molar refractivity (Wildman–Crippen MR) is 143 cm³/mol. The van der Waals surface area contributed by atoms with Gasteiger partial charge in [0.1, 0.15) is 18.4 Å². The SMILES string of the molecule is Cn1c(=O)n(C2CCCOCNC2=O)c2cccc(CCCN3CCO[C@H](CNC(=O)OC(C)(C)C)C3)c21. The molecule has 2 N–H and O–H groups in total. The maximum Gasteiger partial charge on any atom is 0.407 e. The van der Waals surface area contributed by atoms with Gasteiger partial charge in [-0.2, -0.15) is 0 Å². The molecule has 11 nitrogen and oxygen atoms in total. The third-order valence-corrected chi connectivity index (χ3v) is 6.93. The van der Waals surface area contributed by atoms with Crippen molar-refractivity contribution in [2.45, 2.75) is 64.2 Å². The monoisotopic (exact) mass is 531 g/mol. The number of fused-ring (bicyclic) bond motifs is 1. The zero-order valence-electron chi connectivity index (χ0n) is 23.0. The molecule has 3 heterocycles. The molecule has 2 aliphatic heterocycles. The predicted octanol–water partition coefficient (Wildman–Crippen LogP) is 1.92. The van der Waals surface area contributed by atoms with Crippen LogP contribution in [-0.2, 0) is 32.5 Å². The molecule has 1 unspecified atom stereocenters. The fraction of sp³-hybridized carbons (Fsp3) is 0.667. The lowest BCUT2D eigenvalue weighted by Gasteiger charge is -2.33. The van der Waals surface area contributed by atoms with E-state index in [9.17, 15) is 14.4 Å². The van der Waals surface area contributed by atoms with E-state index in [1.807, 2.05) is 32.9 Å². The number of aromatic nitrogens is 2. The van der Waals surface area contributed by atoms with Crippen LogP contribution in [0.25, 0.3) is 11.0 Å². The maximum absolute atomic E-state index is 13.3. The Kier molecular flexibility index (Phi) is 9.11. The average molecular weight is 532 g/mol. The molecule has 1 aromatic heterocycles. The second-order valence-electron chi connectivity index (χ2n) is 11.0. The summed E-state index contributed by atoms with van der Waals surface area (Å²) in [6, 6.07) is 5.40. The topological polar surface area (TPSA) is 116 Å². The van der Waals surface area contributed by atoms with Gasteiger partial charge >= 0.3 is 11.8 Å². The Bertz CT molecular complexity index is 1180. The molecule has 0 saturated carbocycles. The van der Waals surface area contributed by atoms with Crippen molar-refractivity contribution < 1.29 is 23.8 Å². The molecule has 2 atom stereocenters. The number of carbonyl (C=O) groups is 2. The Morgan fingerprint density at radius 3 is 2.84 bits per heavy atom. The zero-order valence-corrected chi connectivity index (χ0v) is 23.0. The van der Waals surface area contributed by atoms with Gasteiger partial charge in [-0.25, -0.2) is 9.59 Å². The first-order valence-electron chi connectivity index (χ1n) is 13.5. The third-order valence-electron chi connectivity index (χ3n) is 6.93. The van der Waals surface area contributed by atoms with E-state index in [0.29, 0.717) is 32.6 Å². The zero-order chi connectivity index (χ0) is 27.3. The van der Waals surface area contributed by atoms with Crippen molar-refractivity contribution in [1.29, 1.82) is 0 Å². The maximum atomic E-state index is 13.3. The van der Waals surface area contributed by atoms with E-state index in [-0.39, 0.29) is 24.4 Å². The number of nitrogens with one attached hydrogen (secondary N) is 2. The van der Waals surface area contributed by atoms with Crippen LogP contribution in [0.1, 0.15) is 51.6 Å². The van der Waals surface area contributed by atoms with E-state index in [1.165, 1.54) is 0 Å². The van der Waals surface area contributed by atoms with Gasteiger partial charge in [0.25, 0.3) is 0 Å². The first-order chi connectivity index (χ1) is 18.1. The van der Waals surface area contributed by atoms with E-state index < -0.39 is 17.7 Å². The summed E-state index contributed by atoms with van der Waals surface area (Å²) in [7, 11) is 1.78. The molecule has 0 radical (unpaired) electrons. The molecule has 1 aromatic carbocycles. The van der Waals surface area contributed by atoms with Crippen LogP contribution in [0.3, 0.4) is 0 Å². The summed E-state index contributed by atoms with van der Waals surface area (Å²) in [6.45, 7) is 9.69. The van der Waals surface area contributed by atoms with Crippen molar-refractivity contribution in [1.82, 2.24) is 24.7 Å². The number of hydrogen-bond acceptors (Lipinski definition) is 7. The van der Waals surface area contributed by atoms with Crippen molar-refractivity contribution in [2.24, 2.45) is 7.05 Å². The molecule has 2 fully saturated rings. The largest absolute Gasteiger partial charge is 0.444 e. The summed E-state index contributed by atoms with van der Waals surface area (Å²) in [5, 5.41) is 5.57. The van der Waals surface area contributed by atoms with Gasteiger partial charge in [0.2, 0.25) is 5.91 Å². The molecule has 210 valence electrons. The number of alkyl carbamates (subject to hydrolysis) is 1. The van der Waals surface area contributed by atoms with Gasteiger partial charge in [-0.3, -0.25) is 18.8 Å². The number of ether oxygens (including phenoxy) is 3. The van der Waals surface area contributed by atoms with Gasteiger partial charge in [0.15, 0.2) is 0 Å². The van der Waals surface area contributed by atoms with Crippen LogP contribution in [0, 0.1) is 0 Å². The van der Waals surface area contributed by atoms with Gasteiger partial charge in [-0.05, 0) is 64.6 Å². The van der Waals surface area contributed by atoms with Gasteiger partial charge in [-0.1, -0.05) is 12.1 Å². The highest BCUT2D eigenvalue weighted by Gasteiger charge is 2.27. The highest BCUT2D eigenvalue weighted by molar-refractivity contribution is 5.85. The van der Waals surface area contributed by atoms with E-state index in [4.69, 9.17) is 14.2 Å². The standard InChI is InChI=1S/C27H41N5O6/c1-27(2,3)38-25(34)28-16-20-17-31(13-15-37-20)12-6-9-19-8-5-10-21-23(19)30(4)26(35)32(21)22-11-7-14-36-18-29-24(22)33/h5,8,10,20,22H,6-7,9,11-18H2,1-4H3,(H,28,34)(H,29,33)/t20-,22?/m1/s1. The first-order valence-corrected chi connectivity index (χ1v) is 13.5. The molecule has 0 spiro atoms. The fourth-order valence-electron chi connectivity index (χ4n) is 5.20. The smallest absolute Gasteiger partial charge is 0.407 e. The Labute approximate surface area is 223 Å². The second-order valence-corrected chi connectivity index (χ2v) is 11.0. The number of benzene rings is 1.